The zero-order valence-electron chi connectivity index (χ0n) is 13.8. The Morgan fingerprint density at radius 3 is 2.86 bits per heavy atom. The average molecular weight is 289 g/mol. The molecule has 2 aliphatic rings. The van der Waals surface area contributed by atoms with E-state index in [4.69, 9.17) is 5.73 Å². The van der Waals surface area contributed by atoms with Crippen LogP contribution in [0.3, 0.4) is 0 Å². The molecule has 1 saturated heterocycles. The van der Waals surface area contributed by atoms with Crippen molar-refractivity contribution < 1.29 is 0 Å². The second-order valence-electron chi connectivity index (χ2n) is 7.07. The number of nitrogens with zero attached hydrogens (tertiary/aromatic N) is 2. The van der Waals surface area contributed by atoms with Crippen molar-refractivity contribution in [3.05, 3.63) is 23.0 Å². The van der Waals surface area contributed by atoms with E-state index < -0.39 is 0 Å². The maximum atomic E-state index is 6.27. The molecule has 3 heteroatoms. The van der Waals surface area contributed by atoms with E-state index in [-0.39, 0.29) is 6.04 Å². The van der Waals surface area contributed by atoms with Gasteiger partial charge in [-0.2, -0.15) is 0 Å². The van der Waals surface area contributed by atoms with Gasteiger partial charge in [0.2, 0.25) is 0 Å². The Balaban J connectivity index is 1.60. The fraction of sp³-hybridized carbons (Fsp3) is 0.778. The molecule has 21 heavy (non-hydrogen) atoms. The Morgan fingerprint density at radius 2 is 2.05 bits per heavy atom. The summed E-state index contributed by atoms with van der Waals surface area (Å²) in [5.74, 6) is 0. The lowest BCUT2D eigenvalue weighted by Gasteiger charge is -2.33. The van der Waals surface area contributed by atoms with Crippen molar-refractivity contribution in [2.24, 2.45) is 5.73 Å². The molecule has 0 bridgehead atoms. The molecule has 1 fully saturated rings. The first-order valence-electron chi connectivity index (χ1n) is 8.85. The molecule has 118 valence electrons. The Bertz CT molecular complexity index is 477. The zero-order chi connectivity index (χ0) is 14.8. The Labute approximate surface area is 129 Å². The molecule has 0 spiro atoms. The maximum absolute atomic E-state index is 6.27. The van der Waals surface area contributed by atoms with Crippen molar-refractivity contribution in [2.45, 2.75) is 77.4 Å². The fourth-order valence-electron chi connectivity index (χ4n) is 4.23. The summed E-state index contributed by atoms with van der Waals surface area (Å²) in [6.07, 6.45) is 9.07. The largest absolute Gasteiger partial charge is 0.348 e. The van der Waals surface area contributed by atoms with Crippen molar-refractivity contribution in [3.8, 4) is 0 Å². The molecular formula is C18H31N3. The maximum Gasteiger partial charge on any atom is 0.0313 e. The predicted octanol–water partition coefficient (Wildman–Crippen LogP) is 3.40. The second kappa shape index (κ2) is 6.53. The molecule has 1 aromatic rings. The molecule has 1 aliphatic carbocycles. The number of rotatable bonds is 4. The molecule has 0 amide bonds. The predicted molar refractivity (Wildman–Crippen MR) is 88.5 cm³/mol. The van der Waals surface area contributed by atoms with Gasteiger partial charge in [0.1, 0.15) is 0 Å². The van der Waals surface area contributed by atoms with Gasteiger partial charge in [0.05, 0.1) is 0 Å². The summed E-state index contributed by atoms with van der Waals surface area (Å²) in [7, 11) is 0. The summed E-state index contributed by atoms with van der Waals surface area (Å²) in [6, 6.07) is 3.39. The van der Waals surface area contributed by atoms with Crippen LogP contribution in [-0.2, 0) is 13.0 Å². The molecule has 2 N–H and O–H groups in total. The lowest BCUT2D eigenvalue weighted by molar-refractivity contribution is 0.156. The molecule has 2 atom stereocenters. The van der Waals surface area contributed by atoms with Gasteiger partial charge in [0.25, 0.3) is 0 Å². The van der Waals surface area contributed by atoms with Crippen molar-refractivity contribution in [3.63, 3.8) is 0 Å². The topological polar surface area (TPSA) is 34.2 Å². The molecule has 2 heterocycles. The average Bonchev–Trinajstić information content (AvgIpc) is 2.79. The summed E-state index contributed by atoms with van der Waals surface area (Å²) in [5, 5.41) is 0. The SMILES string of the molecule is Cc1cc2c(n1CCCN1CCCCC1C)CCCC2N. The van der Waals surface area contributed by atoms with Gasteiger partial charge in [-0.05, 0) is 70.5 Å². The molecule has 1 aliphatic heterocycles. The van der Waals surface area contributed by atoms with Gasteiger partial charge in [-0.25, -0.2) is 0 Å². The third-order valence-corrected chi connectivity index (χ3v) is 5.54. The van der Waals surface area contributed by atoms with Crippen LogP contribution in [0.4, 0.5) is 0 Å². The molecule has 3 nitrogen and oxygen atoms in total. The Kier molecular flexibility index (Phi) is 4.70. The van der Waals surface area contributed by atoms with Crippen molar-refractivity contribution in [1.29, 1.82) is 0 Å². The summed E-state index contributed by atoms with van der Waals surface area (Å²) in [6.45, 7) is 8.35. The van der Waals surface area contributed by atoms with Crippen LogP contribution >= 0.6 is 0 Å². The molecular weight excluding hydrogens is 258 g/mol. The molecule has 0 radical (unpaired) electrons. The standard InChI is InChI=1S/C18H31N3/c1-14-7-3-4-10-20(14)11-6-12-21-15(2)13-16-17(19)8-5-9-18(16)21/h13-14,17H,3-12,19H2,1-2H3. The lowest BCUT2D eigenvalue weighted by Crippen LogP contribution is -2.38. The number of aryl methyl sites for hydroxylation is 1. The highest BCUT2D eigenvalue weighted by molar-refractivity contribution is 5.32. The fourth-order valence-corrected chi connectivity index (χ4v) is 4.23. The smallest absolute Gasteiger partial charge is 0.0313 e. The van der Waals surface area contributed by atoms with Crippen LogP contribution in [0.2, 0.25) is 0 Å². The molecule has 0 aromatic carbocycles. The van der Waals surface area contributed by atoms with Crippen molar-refractivity contribution in [2.75, 3.05) is 13.1 Å². The number of nitrogens with two attached hydrogens (primary N) is 1. The highest BCUT2D eigenvalue weighted by Crippen LogP contribution is 2.31. The van der Waals surface area contributed by atoms with E-state index in [9.17, 15) is 0 Å². The molecule has 1 aromatic heterocycles. The number of piperidine rings is 1. The summed E-state index contributed by atoms with van der Waals surface area (Å²) in [4.78, 5) is 2.68. The van der Waals surface area contributed by atoms with Gasteiger partial charge >= 0.3 is 0 Å². The van der Waals surface area contributed by atoms with Gasteiger partial charge in [0, 0.05) is 36.6 Å². The van der Waals surface area contributed by atoms with Gasteiger partial charge in [0.15, 0.2) is 0 Å². The Hall–Kier alpha value is -0.800. The van der Waals surface area contributed by atoms with Crippen LogP contribution in [0.15, 0.2) is 6.07 Å². The first-order chi connectivity index (χ1) is 10.2. The molecule has 0 saturated carbocycles. The van der Waals surface area contributed by atoms with Crippen LogP contribution in [0.5, 0.6) is 0 Å². The minimum Gasteiger partial charge on any atom is -0.348 e. The highest BCUT2D eigenvalue weighted by Gasteiger charge is 2.22. The van der Waals surface area contributed by atoms with Crippen LogP contribution < -0.4 is 5.73 Å². The van der Waals surface area contributed by atoms with E-state index in [1.807, 2.05) is 0 Å². The summed E-state index contributed by atoms with van der Waals surface area (Å²) in [5.41, 5.74) is 10.6. The van der Waals surface area contributed by atoms with Crippen LogP contribution in [0.1, 0.15) is 68.4 Å². The van der Waals surface area contributed by atoms with Gasteiger partial charge in [-0.15, -0.1) is 0 Å². The van der Waals surface area contributed by atoms with Crippen molar-refractivity contribution in [1.82, 2.24) is 9.47 Å². The van der Waals surface area contributed by atoms with E-state index in [0.29, 0.717) is 0 Å². The third-order valence-electron chi connectivity index (χ3n) is 5.54. The van der Waals surface area contributed by atoms with Crippen molar-refractivity contribution >= 4 is 0 Å². The van der Waals surface area contributed by atoms with Gasteiger partial charge < -0.3 is 15.2 Å². The monoisotopic (exact) mass is 289 g/mol. The van der Waals surface area contributed by atoms with Gasteiger partial charge in [-0.3, -0.25) is 0 Å². The normalized spacial score (nSPS) is 26.8. The van der Waals surface area contributed by atoms with Crippen LogP contribution in [0, 0.1) is 6.92 Å². The minimum absolute atomic E-state index is 0.274. The number of likely N-dealkylation sites (tertiary alicyclic amines) is 1. The van der Waals surface area contributed by atoms with E-state index in [1.54, 1.807) is 0 Å². The van der Waals surface area contributed by atoms with Gasteiger partial charge in [-0.1, -0.05) is 6.42 Å². The number of hydrogen-bond donors (Lipinski definition) is 1. The van der Waals surface area contributed by atoms with E-state index in [1.165, 1.54) is 68.6 Å². The zero-order valence-corrected chi connectivity index (χ0v) is 13.8. The quantitative estimate of drug-likeness (QED) is 0.922. The summed E-state index contributed by atoms with van der Waals surface area (Å²) < 4.78 is 2.54. The van der Waals surface area contributed by atoms with Crippen LogP contribution in [0.25, 0.3) is 0 Å². The second-order valence-corrected chi connectivity index (χ2v) is 7.07. The number of hydrogen-bond acceptors (Lipinski definition) is 2. The third kappa shape index (κ3) is 3.19. The van der Waals surface area contributed by atoms with E-state index >= 15 is 0 Å². The minimum atomic E-state index is 0.274. The first-order valence-corrected chi connectivity index (χ1v) is 8.85. The van der Waals surface area contributed by atoms with E-state index in [0.717, 1.165) is 19.0 Å². The summed E-state index contributed by atoms with van der Waals surface area (Å²) >= 11 is 0. The number of aromatic nitrogens is 1. The number of fused-ring (bicyclic) bond motifs is 1. The molecule has 3 rings (SSSR count). The lowest BCUT2D eigenvalue weighted by atomic mass is 9.93. The van der Waals surface area contributed by atoms with Crippen LogP contribution in [-0.4, -0.2) is 28.6 Å². The highest BCUT2D eigenvalue weighted by atomic mass is 15.2. The first kappa shape index (κ1) is 15.1. The molecule has 2 unspecified atom stereocenters. The Morgan fingerprint density at radius 1 is 1.19 bits per heavy atom. The van der Waals surface area contributed by atoms with E-state index in [2.05, 4.69) is 29.4 Å².